The van der Waals surface area contributed by atoms with Gasteiger partial charge in [-0.25, -0.2) is 0 Å². The summed E-state index contributed by atoms with van der Waals surface area (Å²) in [5.41, 5.74) is 7.02. The minimum atomic E-state index is 0.248. The van der Waals surface area contributed by atoms with E-state index in [0.717, 1.165) is 33.4 Å². The van der Waals surface area contributed by atoms with Crippen molar-refractivity contribution in [3.05, 3.63) is 118 Å². The minimum absolute atomic E-state index is 0.248. The van der Waals surface area contributed by atoms with Gasteiger partial charge in [-0.05, 0) is 70.1 Å². The van der Waals surface area contributed by atoms with Crippen molar-refractivity contribution < 1.29 is 9.47 Å². The smallest absolute Gasteiger partial charge is 0.152 e. The molecule has 4 aromatic carbocycles. The number of aryl methyl sites for hydroxylation is 1. The molecule has 5 heteroatoms. The third-order valence-corrected chi connectivity index (χ3v) is 5.99. The summed E-state index contributed by atoms with van der Waals surface area (Å²) >= 11 is 0. The van der Waals surface area contributed by atoms with E-state index in [1.807, 2.05) is 49.4 Å². The molecular weight excluding hydrogens is 436 g/mol. The number of ether oxygens (including phenoxy) is 2. The zero-order valence-corrected chi connectivity index (χ0v) is 19.8. The van der Waals surface area contributed by atoms with E-state index in [-0.39, 0.29) is 5.69 Å². The molecule has 0 spiro atoms. The van der Waals surface area contributed by atoms with Crippen molar-refractivity contribution in [2.45, 2.75) is 33.5 Å². The van der Waals surface area contributed by atoms with E-state index in [2.05, 4.69) is 36.4 Å². The Kier molecular flexibility index (Phi) is 7.54. The topological polar surface area (TPSA) is 71.7 Å². The lowest BCUT2D eigenvalue weighted by Crippen LogP contribution is -2.02. The van der Waals surface area contributed by atoms with Gasteiger partial charge in [0.2, 0.25) is 0 Å². The molecule has 174 valence electrons. The molecule has 0 saturated heterocycles. The molecule has 0 aromatic heterocycles. The van der Waals surface area contributed by atoms with Gasteiger partial charge < -0.3 is 9.47 Å². The van der Waals surface area contributed by atoms with E-state index in [9.17, 15) is 4.91 Å². The van der Waals surface area contributed by atoms with E-state index < -0.39 is 0 Å². The molecule has 0 N–H and O–H groups in total. The SMILES string of the molecule is CCc1cc(N=O)c(OCc2cccc(-c3ccccc3)c2C)cc1OCc1cccc(C#N)c1. The molecule has 0 amide bonds. The summed E-state index contributed by atoms with van der Waals surface area (Å²) in [6, 6.07) is 29.2. The van der Waals surface area contributed by atoms with E-state index in [1.165, 1.54) is 0 Å². The van der Waals surface area contributed by atoms with Crippen LogP contribution in [0.25, 0.3) is 11.1 Å². The van der Waals surface area contributed by atoms with E-state index in [0.29, 0.717) is 36.7 Å². The van der Waals surface area contributed by atoms with Gasteiger partial charge in [-0.3, -0.25) is 0 Å². The predicted molar refractivity (Wildman–Crippen MR) is 138 cm³/mol. The van der Waals surface area contributed by atoms with Crippen molar-refractivity contribution in [3.63, 3.8) is 0 Å². The van der Waals surface area contributed by atoms with Crippen LogP contribution in [0.5, 0.6) is 11.5 Å². The largest absolute Gasteiger partial charge is 0.488 e. The van der Waals surface area contributed by atoms with Crippen LogP contribution in [0.1, 0.15) is 34.7 Å². The fourth-order valence-electron chi connectivity index (χ4n) is 4.01. The summed E-state index contributed by atoms with van der Waals surface area (Å²) < 4.78 is 12.2. The van der Waals surface area contributed by atoms with Gasteiger partial charge >= 0.3 is 0 Å². The molecule has 0 radical (unpaired) electrons. The minimum Gasteiger partial charge on any atom is -0.488 e. The number of hydrogen-bond donors (Lipinski definition) is 0. The van der Waals surface area contributed by atoms with Crippen LogP contribution in [0.2, 0.25) is 0 Å². The molecule has 4 rings (SSSR count). The average molecular weight is 463 g/mol. The van der Waals surface area contributed by atoms with Crippen LogP contribution in [-0.2, 0) is 19.6 Å². The maximum absolute atomic E-state index is 11.6. The molecule has 0 bridgehead atoms. The van der Waals surface area contributed by atoms with Crippen LogP contribution < -0.4 is 9.47 Å². The van der Waals surface area contributed by atoms with Crippen LogP contribution >= 0.6 is 0 Å². The quantitative estimate of drug-likeness (QED) is 0.239. The highest BCUT2D eigenvalue weighted by atomic mass is 16.5. The van der Waals surface area contributed by atoms with Gasteiger partial charge in [-0.15, -0.1) is 4.91 Å². The Bertz CT molecular complexity index is 1370. The number of hydrogen-bond acceptors (Lipinski definition) is 5. The number of benzene rings is 4. The van der Waals surface area contributed by atoms with E-state index in [1.54, 1.807) is 24.3 Å². The van der Waals surface area contributed by atoms with E-state index in [4.69, 9.17) is 14.7 Å². The Morgan fingerprint density at radius 3 is 2.34 bits per heavy atom. The molecule has 35 heavy (non-hydrogen) atoms. The van der Waals surface area contributed by atoms with Crippen LogP contribution in [0, 0.1) is 23.2 Å². The van der Waals surface area contributed by atoms with Crippen LogP contribution in [0.3, 0.4) is 0 Å². The Balaban J connectivity index is 1.57. The first-order chi connectivity index (χ1) is 17.1. The van der Waals surface area contributed by atoms with Gasteiger partial charge in [-0.1, -0.05) is 67.6 Å². The molecular formula is C30H26N2O3. The lowest BCUT2D eigenvalue weighted by atomic mass is 9.97. The molecule has 0 aliphatic rings. The standard InChI is InChI=1S/C30H26N2O3/c1-3-24-16-28(32-33)30(17-29(24)34-19-23-10-7-9-22(15-23)18-31)35-20-26-13-8-14-27(21(26)2)25-11-5-4-6-12-25/h4-17H,3,19-20H2,1-2H3. The van der Waals surface area contributed by atoms with Crippen molar-refractivity contribution in [2.75, 3.05) is 0 Å². The average Bonchev–Trinajstić information content (AvgIpc) is 2.91. The van der Waals surface area contributed by atoms with Crippen molar-refractivity contribution in [2.24, 2.45) is 5.18 Å². The Labute approximate surface area is 205 Å². The van der Waals surface area contributed by atoms with Gasteiger partial charge in [0.05, 0.1) is 11.6 Å². The van der Waals surface area contributed by atoms with Crippen molar-refractivity contribution in [1.29, 1.82) is 5.26 Å². The number of nitroso groups, excluding NO2 is 1. The molecule has 0 aliphatic heterocycles. The summed E-state index contributed by atoms with van der Waals surface area (Å²) in [4.78, 5) is 11.6. The molecule has 0 heterocycles. The van der Waals surface area contributed by atoms with Crippen molar-refractivity contribution in [3.8, 4) is 28.7 Å². The van der Waals surface area contributed by atoms with Crippen LogP contribution in [0.4, 0.5) is 5.69 Å². The Hall–Kier alpha value is -4.43. The second kappa shape index (κ2) is 11.1. The van der Waals surface area contributed by atoms with Gasteiger partial charge in [0.25, 0.3) is 0 Å². The third-order valence-electron chi connectivity index (χ3n) is 5.99. The second-order valence-corrected chi connectivity index (χ2v) is 8.22. The second-order valence-electron chi connectivity index (χ2n) is 8.22. The normalized spacial score (nSPS) is 10.4. The maximum atomic E-state index is 11.6. The van der Waals surface area contributed by atoms with Crippen LogP contribution in [0.15, 0.2) is 90.1 Å². The van der Waals surface area contributed by atoms with E-state index >= 15 is 0 Å². The fraction of sp³-hybridized carbons (Fsp3) is 0.167. The molecule has 0 atom stereocenters. The summed E-state index contributed by atoms with van der Waals surface area (Å²) in [5.74, 6) is 1.01. The highest BCUT2D eigenvalue weighted by Crippen LogP contribution is 2.37. The maximum Gasteiger partial charge on any atom is 0.152 e. The van der Waals surface area contributed by atoms with Crippen molar-refractivity contribution in [1.82, 2.24) is 0 Å². The summed E-state index contributed by atoms with van der Waals surface area (Å²) in [6.07, 6.45) is 0.675. The summed E-state index contributed by atoms with van der Waals surface area (Å²) in [5, 5.41) is 12.3. The first kappa shape index (κ1) is 23.7. The molecule has 0 saturated carbocycles. The molecule has 0 aliphatic carbocycles. The lowest BCUT2D eigenvalue weighted by molar-refractivity contribution is 0.288. The molecule has 0 fully saturated rings. The summed E-state index contributed by atoms with van der Waals surface area (Å²) in [6.45, 7) is 4.66. The zero-order chi connectivity index (χ0) is 24.6. The van der Waals surface area contributed by atoms with Crippen LogP contribution in [-0.4, -0.2) is 0 Å². The fourth-order valence-corrected chi connectivity index (χ4v) is 4.01. The number of nitrogens with zero attached hydrogens (tertiary/aromatic N) is 2. The third kappa shape index (κ3) is 5.56. The van der Waals surface area contributed by atoms with Gasteiger partial charge in [0.15, 0.2) is 5.75 Å². The van der Waals surface area contributed by atoms with Gasteiger partial charge in [-0.2, -0.15) is 5.26 Å². The monoisotopic (exact) mass is 462 g/mol. The first-order valence-corrected chi connectivity index (χ1v) is 11.5. The predicted octanol–water partition coefficient (Wildman–Crippen LogP) is 7.65. The highest BCUT2D eigenvalue weighted by molar-refractivity contribution is 5.68. The summed E-state index contributed by atoms with van der Waals surface area (Å²) in [7, 11) is 0. The molecule has 5 nitrogen and oxygen atoms in total. The lowest BCUT2D eigenvalue weighted by Gasteiger charge is -2.16. The molecule has 4 aromatic rings. The number of rotatable bonds is 9. The highest BCUT2D eigenvalue weighted by Gasteiger charge is 2.14. The molecule has 0 unspecified atom stereocenters. The Morgan fingerprint density at radius 2 is 1.60 bits per heavy atom. The first-order valence-electron chi connectivity index (χ1n) is 11.5. The van der Waals surface area contributed by atoms with Gasteiger partial charge in [0, 0.05) is 6.07 Å². The van der Waals surface area contributed by atoms with Gasteiger partial charge in [0.1, 0.15) is 24.7 Å². The zero-order valence-electron chi connectivity index (χ0n) is 19.8. The Morgan fingerprint density at radius 1 is 0.829 bits per heavy atom. The van der Waals surface area contributed by atoms with Crippen molar-refractivity contribution >= 4 is 5.69 Å². The number of nitriles is 1.